The Balaban J connectivity index is 1.48. The second-order valence-corrected chi connectivity index (χ2v) is 9.77. The molecule has 5 nitrogen and oxygen atoms in total. The lowest BCUT2D eigenvalue weighted by Crippen LogP contribution is -2.46. The lowest BCUT2D eigenvalue weighted by Gasteiger charge is -2.37. The van der Waals surface area contributed by atoms with Crippen LogP contribution in [0.2, 0.25) is 0 Å². The summed E-state index contributed by atoms with van der Waals surface area (Å²) in [7, 11) is 0. The van der Waals surface area contributed by atoms with Crippen LogP contribution < -0.4 is 5.32 Å². The number of thiocarbonyl (C=S) groups is 1. The first-order chi connectivity index (χ1) is 16.6. The molecular weight excluding hydrogens is 460 g/mol. The van der Waals surface area contributed by atoms with E-state index in [2.05, 4.69) is 77.8 Å². The molecule has 0 aliphatic carbocycles. The lowest BCUT2D eigenvalue weighted by molar-refractivity contribution is 0.396. The van der Waals surface area contributed by atoms with E-state index in [1.165, 1.54) is 11.1 Å². The maximum absolute atomic E-state index is 5.83. The topological polar surface area (TPSA) is 54.2 Å². The van der Waals surface area contributed by atoms with Crippen LogP contribution in [0.25, 0.3) is 16.3 Å². The molecule has 1 atom stereocenters. The fourth-order valence-electron chi connectivity index (χ4n) is 4.26. The third kappa shape index (κ3) is 4.67. The van der Waals surface area contributed by atoms with E-state index in [0.717, 1.165) is 46.2 Å². The molecule has 7 heteroatoms. The van der Waals surface area contributed by atoms with E-state index in [9.17, 15) is 0 Å². The van der Waals surface area contributed by atoms with Crippen molar-refractivity contribution in [1.82, 2.24) is 20.4 Å². The Morgan fingerprint density at radius 1 is 1.03 bits per heavy atom. The minimum Gasteiger partial charge on any atom is -0.351 e. The molecule has 1 aliphatic rings. The first-order valence-electron chi connectivity index (χ1n) is 11.4. The van der Waals surface area contributed by atoms with Crippen molar-refractivity contribution >= 4 is 34.2 Å². The normalized spacial score (nSPS) is 16.1. The molecule has 0 radical (unpaired) electrons. The monoisotopic (exact) mass is 486 g/mol. The summed E-state index contributed by atoms with van der Waals surface area (Å²) in [5, 5.41) is 10.5. The van der Waals surface area contributed by atoms with Crippen molar-refractivity contribution in [3.8, 4) is 10.7 Å². The van der Waals surface area contributed by atoms with Gasteiger partial charge in [-0.3, -0.25) is 0 Å². The number of rotatable bonds is 7. The van der Waals surface area contributed by atoms with Crippen LogP contribution in [0.4, 0.5) is 0 Å². The van der Waals surface area contributed by atoms with Crippen molar-refractivity contribution in [2.24, 2.45) is 0 Å². The molecule has 0 saturated heterocycles. The SMILES string of the molecule is CC1=C(c2nc(-c3cccs3)no2)C(c2ccc(C)cc2)NC(=S)N1CCCc1ccccc1. The van der Waals surface area contributed by atoms with E-state index in [1.807, 2.05) is 23.6 Å². The van der Waals surface area contributed by atoms with Crippen LogP contribution >= 0.6 is 23.6 Å². The average Bonchev–Trinajstić information content (AvgIpc) is 3.54. The third-order valence-electron chi connectivity index (χ3n) is 6.09. The number of thiophene rings is 1. The summed E-state index contributed by atoms with van der Waals surface area (Å²) >= 11 is 7.42. The maximum atomic E-state index is 5.83. The van der Waals surface area contributed by atoms with Crippen LogP contribution in [-0.2, 0) is 6.42 Å². The molecule has 0 spiro atoms. The van der Waals surface area contributed by atoms with Crippen molar-refractivity contribution in [2.45, 2.75) is 32.7 Å². The van der Waals surface area contributed by atoms with E-state index < -0.39 is 0 Å². The molecule has 1 N–H and O–H groups in total. The second kappa shape index (κ2) is 9.91. The molecule has 34 heavy (non-hydrogen) atoms. The first-order valence-corrected chi connectivity index (χ1v) is 12.7. The number of aryl methyl sites for hydroxylation is 2. The van der Waals surface area contributed by atoms with Gasteiger partial charge in [-0.25, -0.2) is 0 Å². The highest BCUT2D eigenvalue weighted by Gasteiger charge is 2.33. The number of nitrogens with zero attached hydrogens (tertiary/aromatic N) is 3. The summed E-state index contributed by atoms with van der Waals surface area (Å²) in [6.07, 6.45) is 1.98. The van der Waals surface area contributed by atoms with Gasteiger partial charge in [0, 0.05) is 12.2 Å². The fourth-order valence-corrected chi connectivity index (χ4v) is 5.26. The minimum atomic E-state index is -0.157. The first kappa shape index (κ1) is 22.5. The second-order valence-electron chi connectivity index (χ2n) is 8.43. The molecular formula is C27H26N4OS2. The van der Waals surface area contributed by atoms with Crippen LogP contribution in [0.3, 0.4) is 0 Å². The molecule has 0 bridgehead atoms. The van der Waals surface area contributed by atoms with Crippen LogP contribution in [-0.4, -0.2) is 26.7 Å². The van der Waals surface area contributed by atoms with Gasteiger partial charge in [0.25, 0.3) is 5.89 Å². The highest BCUT2D eigenvalue weighted by atomic mass is 32.1. The number of hydrogen-bond acceptors (Lipinski definition) is 5. The van der Waals surface area contributed by atoms with Gasteiger partial charge in [-0.1, -0.05) is 71.4 Å². The summed E-state index contributed by atoms with van der Waals surface area (Å²) in [5.74, 6) is 1.13. The molecule has 1 unspecified atom stereocenters. The van der Waals surface area contributed by atoms with Crippen LogP contribution in [0.1, 0.15) is 42.0 Å². The van der Waals surface area contributed by atoms with Crippen molar-refractivity contribution in [3.05, 3.63) is 100 Å². The Morgan fingerprint density at radius 3 is 2.56 bits per heavy atom. The highest BCUT2D eigenvalue weighted by molar-refractivity contribution is 7.80. The Kier molecular flexibility index (Phi) is 6.56. The van der Waals surface area contributed by atoms with Crippen LogP contribution in [0.15, 0.2) is 82.3 Å². The summed E-state index contributed by atoms with van der Waals surface area (Å²) in [4.78, 5) is 7.92. The van der Waals surface area contributed by atoms with E-state index in [1.54, 1.807) is 11.3 Å². The largest absolute Gasteiger partial charge is 0.351 e. The molecule has 1 aliphatic heterocycles. The zero-order valence-electron chi connectivity index (χ0n) is 19.2. The molecule has 2 aromatic heterocycles. The fraction of sp³-hybridized carbons (Fsp3) is 0.222. The van der Waals surface area contributed by atoms with Crippen LogP contribution in [0, 0.1) is 6.92 Å². The maximum Gasteiger partial charge on any atom is 0.258 e. The van der Waals surface area contributed by atoms with Gasteiger partial charge in [-0.2, -0.15) is 4.98 Å². The molecule has 0 saturated carbocycles. The standard InChI is InChI=1S/C27H26N4OS2/c1-18-12-14-21(15-13-18)24-23(26-29-25(30-32-26)22-11-7-17-34-22)19(2)31(27(33)28-24)16-6-10-20-8-4-3-5-9-20/h3-5,7-9,11-15,17,24H,6,10,16H2,1-2H3,(H,28,33). The average molecular weight is 487 g/mol. The van der Waals surface area contributed by atoms with E-state index in [0.29, 0.717) is 11.7 Å². The minimum absolute atomic E-state index is 0.157. The zero-order chi connectivity index (χ0) is 23.5. The predicted molar refractivity (Wildman–Crippen MR) is 141 cm³/mol. The van der Waals surface area contributed by atoms with Gasteiger partial charge in [0.05, 0.1) is 16.5 Å². The quantitative estimate of drug-likeness (QED) is 0.305. The predicted octanol–water partition coefficient (Wildman–Crippen LogP) is 6.40. The van der Waals surface area contributed by atoms with Gasteiger partial charge >= 0.3 is 0 Å². The van der Waals surface area contributed by atoms with Gasteiger partial charge in [0.2, 0.25) is 5.82 Å². The van der Waals surface area contributed by atoms with E-state index in [-0.39, 0.29) is 6.04 Å². The zero-order valence-corrected chi connectivity index (χ0v) is 20.8. The van der Waals surface area contributed by atoms with Gasteiger partial charge in [-0.15, -0.1) is 11.3 Å². The third-order valence-corrected chi connectivity index (χ3v) is 7.30. The van der Waals surface area contributed by atoms with Crippen molar-refractivity contribution in [1.29, 1.82) is 0 Å². The number of allylic oxidation sites excluding steroid dienone is 1. The number of hydrogen-bond donors (Lipinski definition) is 1. The molecule has 5 rings (SSSR count). The van der Waals surface area contributed by atoms with Gasteiger partial charge < -0.3 is 14.7 Å². The number of aromatic nitrogens is 2. The smallest absolute Gasteiger partial charge is 0.258 e. The van der Waals surface area contributed by atoms with E-state index >= 15 is 0 Å². The molecule has 0 fully saturated rings. The summed E-state index contributed by atoms with van der Waals surface area (Å²) in [5.41, 5.74) is 5.67. The molecule has 3 heterocycles. The Hall–Kier alpha value is -3.29. The summed E-state index contributed by atoms with van der Waals surface area (Å²) in [6.45, 7) is 4.99. The Labute approximate surface area is 209 Å². The van der Waals surface area contributed by atoms with Gasteiger partial charge in [0.15, 0.2) is 5.11 Å². The van der Waals surface area contributed by atoms with Crippen molar-refractivity contribution in [3.63, 3.8) is 0 Å². The van der Waals surface area contributed by atoms with Gasteiger partial charge in [-0.05, 0) is 61.5 Å². The Morgan fingerprint density at radius 2 is 1.82 bits per heavy atom. The molecule has 4 aromatic rings. The van der Waals surface area contributed by atoms with E-state index in [4.69, 9.17) is 21.7 Å². The number of benzene rings is 2. The number of nitrogens with one attached hydrogen (secondary N) is 1. The van der Waals surface area contributed by atoms with Crippen LogP contribution in [0.5, 0.6) is 0 Å². The van der Waals surface area contributed by atoms with Crippen molar-refractivity contribution in [2.75, 3.05) is 6.54 Å². The Bertz CT molecular complexity index is 1290. The summed E-state index contributed by atoms with van der Waals surface area (Å²) in [6, 6.07) is 22.9. The molecule has 0 amide bonds. The van der Waals surface area contributed by atoms with Gasteiger partial charge in [0.1, 0.15) is 0 Å². The highest BCUT2D eigenvalue weighted by Crippen LogP contribution is 2.37. The lowest BCUT2D eigenvalue weighted by atomic mass is 9.94. The summed E-state index contributed by atoms with van der Waals surface area (Å²) < 4.78 is 5.81. The van der Waals surface area contributed by atoms with Crippen molar-refractivity contribution < 1.29 is 4.52 Å². The molecule has 172 valence electrons. The molecule has 2 aromatic carbocycles.